The highest BCUT2D eigenvalue weighted by atomic mass is 35.5. The van der Waals surface area contributed by atoms with E-state index in [0.29, 0.717) is 0 Å². The number of halogens is 1. The Hall–Kier alpha value is -0.530. The molecule has 2 heteroatoms. The fraction of sp³-hybridized carbons (Fsp3) is 0.400. The van der Waals surface area contributed by atoms with Crippen molar-refractivity contribution in [2.24, 2.45) is 0 Å². The Kier molecular flexibility index (Phi) is 4.12. The van der Waals surface area contributed by atoms with Gasteiger partial charge in [-0.2, -0.15) is 0 Å². The number of likely N-dealkylation sites (N-methyl/N-ethyl adjacent to an activating group) is 1. The quantitative estimate of drug-likeness (QED) is 0.708. The predicted molar refractivity (Wildman–Crippen MR) is 53.7 cm³/mol. The smallest absolute Gasteiger partial charge is 0.0438 e. The van der Waals surface area contributed by atoms with E-state index in [4.69, 9.17) is 11.6 Å². The second kappa shape index (κ2) is 5.18. The van der Waals surface area contributed by atoms with Crippen LogP contribution < -0.4 is 5.32 Å². The van der Waals surface area contributed by atoms with Crippen molar-refractivity contribution in [1.82, 2.24) is 5.32 Å². The molecule has 0 aliphatic rings. The van der Waals surface area contributed by atoms with Gasteiger partial charge in [0.2, 0.25) is 0 Å². The van der Waals surface area contributed by atoms with Crippen LogP contribution in [0.3, 0.4) is 0 Å². The van der Waals surface area contributed by atoms with E-state index in [-0.39, 0.29) is 0 Å². The van der Waals surface area contributed by atoms with Crippen molar-refractivity contribution in [3.05, 3.63) is 34.9 Å². The molecule has 1 N–H and O–H groups in total. The van der Waals surface area contributed by atoms with Crippen LogP contribution in [-0.2, 0) is 6.42 Å². The lowest BCUT2D eigenvalue weighted by Crippen LogP contribution is -2.16. The third-order valence-corrected chi connectivity index (χ3v) is 2.15. The summed E-state index contributed by atoms with van der Waals surface area (Å²) in [7, 11) is 0. The fourth-order valence-corrected chi connectivity index (χ4v) is 1.33. The summed E-state index contributed by atoms with van der Waals surface area (Å²) in [6.45, 7) is 4.12. The zero-order valence-corrected chi connectivity index (χ0v) is 8.06. The van der Waals surface area contributed by atoms with Crippen LogP contribution in [0, 0.1) is 0 Å². The van der Waals surface area contributed by atoms with Gasteiger partial charge in [0.05, 0.1) is 0 Å². The van der Waals surface area contributed by atoms with Gasteiger partial charge >= 0.3 is 0 Å². The average Bonchev–Trinajstić information content (AvgIpc) is 2.09. The minimum Gasteiger partial charge on any atom is -0.317 e. The lowest BCUT2D eigenvalue weighted by Gasteiger charge is -2.03. The minimum atomic E-state index is 0.871. The molecule has 0 radical (unpaired) electrons. The lowest BCUT2D eigenvalue weighted by atomic mass is 10.1. The SMILES string of the molecule is CCNCCc1ccccc1Cl. The molecule has 1 nitrogen and oxygen atoms in total. The number of hydrogen-bond donors (Lipinski definition) is 1. The number of rotatable bonds is 4. The molecular formula is C10H14ClN. The summed E-state index contributed by atoms with van der Waals surface area (Å²) in [6.07, 6.45) is 1.01. The van der Waals surface area contributed by atoms with E-state index in [2.05, 4.69) is 18.3 Å². The van der Waals surface area contributed by atoms with Crippen LogP contribution in [0.2, 0.25) is 5.02 Å². The van der Waals surface area contributed by atoms with Crippen LogP contribution in [0.5, 0.6) is 0 Å². The second-order valence-electron chi connectivity index (χ2n) is 2.69. The van der Waals surface area contributed by atoms with Gasteiger partial charge in [0, 0.05) is 5.02 Å². The van der Waals surface area contributed by atoms with Gasteiger partial charge in [0.25, 0.3) is 0 Å². The fourth-order valence-electron chi connectivity index (χ4n) is 1.10. The topological polar surface area (TPSA) is 12.0 Å². The van der Waals surface area contributed by atoms with Gasteiger partial charge in [-0.25, -0.2) is 0 Å². The van der Waals surface area contributed by atoms with Gasteiger partial charge in [-0.15, -0.1) is 0 Å². The molecule has 0 bridgehead atoms. The molecule has 0 fully saturated rings. The first-order chi connectivity index (χ1) is 5.84. The Labute approximate surface area is 78.7 Å². The van der Waals surface area contributed by atoms with Gasteiger partial charge < -0.3 is 5.32 Å². The highest BCUT2D eigenvalue weighted by Crippen LogP contribution is 2.14. The third kappa shape index (κ3) is 2.84. The van der Waals surface area contributed by atoms with E-state index in [0.717, 1.165) is 24.5 Å². The van der Waals surface area contributed by atoms with Crippen molar-refractivity contribution in [2.75, 3.05) is 13.1 Å². The molecule has 0 amide bonds. The highest BCUT2D eigenvalue weighted by molar-refractivity contribution is 6.31. The summed E-state index contributed by atoms with van der Waals surface area (Å²) in [5.41, 5.74) is 1.22. The van der Waals surface area contributed by atoms with Crippen LogP contribution in [0.25, 0.3) is 0 Å². The van der Waals surface area contributed by atoms with Crippen molar-refractivity contribution < 1.29 is 0 Å². The molecule has 0 aromatic heterocycles. The van der Waals surface area contributed by atoms with E-state index in [9.17, 15) is 0 Å². The maximum absolute atomic E-state index is 5.98. The summed E-state index contributed by atoms with van der Waals surface area (Å²) in [5, 5.41) is 4.14. The number of nitrogens with one attached hydrogen (secondary N) is 1. The van der Waals surface area contributed by atoms with Crippen LogP contribution in [-0.4, -0.2) is 13.1 Å². The zero-order chi connectivity index (χ0) is 8.81. The van der Waals surface area contributed by atoms with Gasteiger partial charge in [0.1, 0.15) is 0 Å². The molecule has 1 aromatic carbocycles. The van der Waals surface area contributed by atoms with Gasteiger partial charge in [-0.3, -0.25) is 0 Å². The van der Waals surface area contributed by atoms with Crippen LogP contribution in [0.1, 0.15) is 12.5 Å². The Morgan fingerprint density at radius 1 is 1.33 bits per heavy atom. The largest absolute Gasteiger partial charge is 0.317 e. The lowest BCUT2D eigenvalue weighted by molar-refractivity contribution is 0.717. The third-order valence-electron chi connectivity index (χ3n) is 1.78. The Morgan fingerprint density at radius 3 is 2.75 bits per heavy atom. The Bertz CT molecular complexity index is 235. The molecule has 0 aliphatic heterocycles. The van der Waals surface area contributed by atoms with Crippen molar-refractivity contribution in [3.8, 4) is 0 Å². The molecule has 0 atom stereocenters. The molecule has 12 heavy (non-hydrogen) atoms. The van der Waals surface area contributed by atoms with Gasteiger partial charge in [-0.05, 0) is 31.1 Å². The summed E-state index contributed by atoms with van der Waals surface area (Å²) >= 11 is 5.98. The van der Waals surface area contributed by atoms with E-state index in [1.54, 1.807) is 0 Å². The average molecular weight is 184 g/mol. The first-order valence-electron chi connectivity index (χ1n) is 4.28. The van der Waals surface area contributed by atoms with Gasteiger partial charge in [-0.1, -0.05) is 36.7 Å². The van der Waals surface area contributed by atoms with Crippen LogP contribution >= 0.6 is 11.6 Å². The summed E-state index contributed by atoms with van der Waals surface area (Å²) in [5.74, 6) is 0. The summed E-state index contributed by atoms with van der Waals surface area (Å²) < 4.78 is 0. The second-order valence-corrected chi connectivity index (χ2v) is 3.10. The maximum Gasteiger partial charge on any atom is 0.0438 e. The monoisotopic (exact) mass is 183 g/mol. The molecule has 0 aliphatic carbocycles. The molecule has 66 valence electrons. The molecule has 0 unspecified atom stereocenters. The van der Waals surface area contributed by atoms with E-state index in [1.165, 1.54) is 5.56 Å². The maximum atomic E-state index is 5.98. The predicted octanol–water partition coefficient (Wildman–Crippen LogP) is 2.49. The zero-order valence-electron chi connectivity index (χ0n) is 7.31. The summed E-state index contributed by atoms with van der Waals surface area (Å²) in [6, 6.07) is 7.98. The standard InChI is InChI=1S/C10H14ClN/c1-2-12-8-7-9-5-3-4-6-10(9)11/h3-6,12H,2,7-8H2,1H3. The molecule has 1 aromatic rings. The van der Waals surface area contributed by atoms with E-state index in [1.807, 2.05) is 18.2 Å². The molecular weight excluding hydrogens is 170 g/mol. The molecule has 0 saturated heterocycles. The molecule has 1 rings (SSSR count). The van der Waals surface area contributed by atoms with Crippen molar-refractivity contribution >= 4 is 11.6 Å². The number of hydrogen-bond acceptors (Lipinski definition) is 1. The van der Waals surface area contributed by atoms with Gasteiger partial charge in [0.15, 0.2) is 0 Å². The van der Waals surface area contributed by atoms with Crippen LogP contribution in [0.4, 0.5) is 0 Å². The molecule has 0 heterocycles. The van der Waals surface area contributed by atoms with Crippen molar-refractivity contribution in [1.29, 1.82) is 0 Å². The molecule has 0 spiro atoms. The van der Waals surface area contributed by atoms with Crippen molar-refractivity contribution in [3.63, 3.8) is 0 Å². The Balaban J connectivity index is 2.46. The van der Waals surface area contributed by atoms with E-state index >= 15 is 0 Å². The highest BCUT2D eigenvalue weighted by Gasteiger charge is 1.96. The normalized spacial score (nSPS) is 10.2. The van der Waals surface area contributed by atoms with E-state index < -0.39 is 0 Å². The first-order valence-corrected chi connectivity index (χ1v) is 4.66. The van der Waals surface area contributed by atoms with Crippen molar-refractivity contribution in [2.45, 2.75) is 13.3 Å². The Morgan fingerprint density at radius 2 is 2.08 bits per heavy atom. The molecule has 0 saturated carbocycles. The minimum absolute atomic E-state index is 0.871. The van der Waals surface area contributed by atoms with Crippen LogP contribution in [0.15, 0.2) is 24.3 Å². The number of benzene rings is 1. The first kappa shape index (κ1) is 9.56. The summed E-state index contributed by atoms with van der Waals surface area (Å²) in [4.78, 5) is 0.